The Kier molecular flexibility index (Phi) is 6.14. The van der Waals surface area contributed by atoms with Gasteiger partial charge in [-0.15, -0.1) is 0 Å². The van der Waals surface area contributed by atoms with Gasteiger partial charge < -0.3 is 25.6 Å². The zero-order valence-electron chi connectivity index (χ0n) is 14.9. The number of halogens is 2. The number of phenolic OH excluding ortho intramolecular Hbond substituents is 1. The molecule has 8 nitrogen and oxygen atoms in total. The molecule has 0 radical (unpaired) electrons. The summed E-state index contributed by atoms with van der Waals surface area (Å²) in [6, 6.07) is 6.75. The third-order valence-electron chi connectivity index (χ3n) is 4.32. The van der Waals surface area contributed by atoms with E-state index < -0.39 is 17.8 Å². The molecule has 29 heavy (non-hydrogen) atoms. The zero-order chi connectivity index (χ0) is 21.1. The molecule has 4 N–H and O–H groups in total. The van der Waals surface area contributed by atoms with Crippen LogP contribution in [0.25, 0.3) is 0 Å². The predicted molar refractivity (Wildman–Crippen MR) is 106 cm³/mol. The van der Waals surface area contributed by atoms with Crippen molar-refractivity contribution in [2.24, 2.45) is 0 Å². The van der Waals surface area contributed by atoms with Gasteiger partial charge in [-0.1, -0.05) is 23.2 Å². The largest absolute Gasteiger partial charge is 0.507 e. The molecule has 152 valence electrons. The zero-order valence-corrected chi connectivity index (χ0v) is 16.4. The third kappa shape index (κ3) is 4.90. The van der Waals surface area contributed by atoms with Gasteiger partial charge in [-0.05, 0) is 49.6 Å². The topological polar surface area (TPSA) is 125 Å². The Balaban J connectivity index is 1.80. The second-order valence-electron chi connectivity index (χ2n) is 6.41. The van der Waals surface area contributed by atoms with Gasteiger partial charge in [0, 0.05) is 11.7 Å². The molecule has 0 saturated heterocycles. The number of ether oxygens (including phenoxy) is 1. The number of nitrogens with one attached hydrogen (secondary N) is 2. The van der Waals surface area contributed by atoms with Crippen LogP contribution in [0.2, 0.25) is 10.0 Å². The minimum atomic E-state index is -1.66. The number of aromatic hydroxyl groups is 1. The molecule has 0 aromatic heterocycles. The van der Waals surface area contributed by atoms with Crippen LogP contribution in [0.15, 0.2) is 30.3 Å². The van der Waals surface area contributed by atoms with Gasteiger partial charge in [0.15, 0.2) is 5.75 Å². The first kappa shape index (κ1) is 20.8. The molecule has 1 aliphatic rings. The van der Waals surface area contributed by atoms with Gasteiger partial charge >= 0.3 is 11.9 Å². The van der Waals surface area contributed by atoms with E-state index in [9.17, 15) is 19.5 Å². The van der Waals surface area contributed by atoms with Crippen molar-refractivity contribution < 1.29 is 29.3 Å². The summed E-state index contributed by atoms with van der Waals surface area (Å²) in [5.41, 5.74) is 0.123. The summed E-state index contributed by atoms with van der Waals surface area (Å²) in [4.78, 5) is 34.2. The van der Waals surface area contributed by atoms with Gasteiger partial charge in [0.1, 0.15) is 11.5 Å². The number of phenols is 1. The summed E-state index contributed by atoms with van der Waals surface area (Å²) < 4.78 is 5.65. The minimum Gasteiger partial charge on any atom is -0.507 e. The fourth-order valence-corrected chi connectivity index (χ4v) is 3.17. The molecule has 2 aromatic rings. The monoisotopic (exact) mass is 438 g/mol. The van der Waals surface area contributed by atoms with Gasteiger partial charge in [-0.2, -0.15) is 0 Å². The van der Waals surface area contributed by atoms with Crippen LogP contribution < -0.4 is 15.4 Å². The van der Waals surface area contributed by atoms with E-state index in [1.165, 1.54) is 30.3 Å². The average molecular weight is 439 g/mol. The van der Waals surface area contributed by atoms with Crippen molar-refractivity contribution in [3.63, 3.8) is 0 Å². The van der Waals surface area contributed by atoms with Gasteiger partial charge in [-0.3, -0.25) is 9.59 Å². The van der Waals surface area contributed by atoms with E-state index in [1.54, 1.807) is 0 Å². The highest BCUT2D eigenvalue weighted by atomic mass is 35.5. The second kappa shape index (κ2) is 8.59. The molecule has 1 fully saturated rings. The molecule has 0 heterocycles. The summed E-state index contributed by atoms with van der Waals surface area (Å²) in [6.45, 7) is 0. The van der Waals surface area contributed by atoms with E-state index in [0.717, 1.165) is 19.3 Å². The van der Waals surface area contributed by atoms with Crippen LogP contribution in [0.1, 0.15) is 29.6 Å². The quantitative estimate of drug-likeness (QED) is 0.526. The highest BCUT2D eigenvalue weighted by Gasteiger charge is 2.22. The van der Waals surface area contributed by atoms with E-state index in [4.69, 9.17) is 33.0 Å². The second-order valence-corrected chi connectivity index (χ2v) is 7.22. The lowest BCUT2D eigenvalue weighted by Crippen LogP contribution is -2.39. The Morgan fingerprint density at radius 1 is 1.07 bits per heavy atom. The van der Waals surface area contributed by atoms with Crippen LogP contribution in [-0.2, 0) is 9.59 Å². The lowest BCUT2D eigenvalue weighted by atomic mass is 9.93. The summed E-state index contributed by atoms with van der Waals surface area (Å²) in [5.74, 6) is -3.27. The lowest BCUT2D eigenvalue weighted by molar-refractivity contribution is -0.147. The highest BCUT2D eigenvalue weighted by Crippen LogP contribution is 2.39. The normalized spacial score (nSPS) is 13.3. The summed E-state index contributed by atoms with van der Waals surface area (Å²) in [7, 11) is 0. The Morgan fingerprint density at radius 2 is 1.72 bits per heavy atom. The van der Waals surface area contributed by atoms with Gasteiger partial charge in [0.2, 0.25) is 0 Å². The van der Waals surface area contributed by atoms with Crippen LogP contribution in [0.5, 0.6) is 17.2 Å². The number of carboxylic acid groups (broad SMARTS) is 1. The fourth-order valence-electron chi connectivity index (χ4n) is 2.61. The Hall–Kier alpha value is -2.97. The summed E-state index contributed by atoms with van der Waals surface area (Å²) in [6.07, 6.45) is 2.86. The van der Waals surface area contributed by atoms with Crippen molar-refractivity contribution in [1.82, 2.24) is 5.32 Å². The van der Waals surface area contributed by atoms with Crippen LogP contribution in [0.4, 0.5) is 5.69 Å². The van der Waals surface area contributed by atoms with Crippen molar-refractivity contribution >= 4 is 46.7 Å². The van der Waals surface area contributed by atoms with Gasteiger partial charge in [0.25, 0.3) is 5.91 Å². The van der Waals surface area contributed by atoms with Crippen molar-refractivity contribution in [3.8, 4) is 17.2 Å². The first-order valence-corrected chi connectivity index (χ1v) is 9.35. The van der Waals surface area contributed by atoms with Crippen LogP contribution >= 0.6 is 23.2 Å². The maximum absolute atomic E-state index is 12.3. The molecule has 10 heteroatoms. The number of carbonyl (C=O) groups excluding carboxylic acids is 2. The molecule has 0 spiro atoms. The number of benzene rings is 2. The molecule has 2 amide bonds. The van der Waals surface area contributed by atoms with E-state index in [-0.39, 0.29) is 44.6 Å². The maximum Gasteiger partial charge on any atom is 0.394 e. The average Bonchev–Trinajstić information content (AvgIpc) is 2.62. The van der Waals surface area contributed by atoms with E-state index in [0.29, 0.717) is 0 Å². The first-order chi connectivity index (χ1) is 13.7. The maximum atomic E-state index is 12.3. The smallest absolute Gasteiger partial charge is 0.394 e. The number of amides is 2. The van der Waals surface area contributed by atoms with Crippen molar-refractivity contribution in [1.29, 1.82) is 0 Å². The number of carbonyl (C=O) groups is 3. The molecule has 3 rings (SSSR count). The summed E-state index contributed by atoms with van der Waals surface area (Å²) in [5, 5.41) is 23.6. The molecule has 0 aliphatic heterocycles. The third-order valence-corrected chi connectivity index (χ3v) is 4.88. The lowest BCUT2D eigenvalue weighted by Gasteiger charge is -2.26. The highest BCUT2D eigenvalue weighted by molar-refractivity contribution is 6.39. The number of carboxylic acids is 1. The Bertz CT molecular complexity index is 968. The van der Waals surface area contributed by atoms with Crippen molar-refractivity contribution in [3.05, 3.63) is 45.9 Å². The number of hydrogen-bond donors (Lipinski definition) is 4. The fraction of sp³-hybridized carbons (Fsp3) is 0.211. The van der Waals surface area contributed by atoms with E-state index >= 15 is 0 Å². The first-order valence-electron chi connectivity index (χ1n) is 8.59. The number of hydrogen-bond acceptors (Lipinski definition) is 5. The van der Waals surface area contributed by atoms with Crippen molar-refractivity contribution in [2.45, 2.75) is 25.3 Å². The molecule has 2 aromatic carbocycles. The van der Waals surface area contributed by atoms with Crippen LogP contribution in [0.3, 0.4) is 0 Å². The molecule has 0 bridgehead atoms. The number of rotatable bonds is 5. The molecule has 1 saturated carbocycles. The Morgan fingerprint density at radius 3 is 2.28 bits per heavy atom. The van der Waals surface area contributed by atoms with Gasteiger partial charge in [-0.25, -0.2) is 4.79 Å². The van der Waals surface area contributed by atoms with Gasteiger partial charge in [0.05, 0.1) is 15.6 Å². The standard InChI is InChI=1S/C19H16Cl2N2O6/c20-13-6-10(23-18(26)19(27)28)7-14(21)16(13)29-11-4-5-15(24)12(8-11)17(25)22-9-2-1-3-9/h4-9,24H,1-3H2,(H,22,25)(H,23,26)(H,27,28). The molecule has 1 aliphatic carbocycles. The predicted octanol–water partition coefficient (Wildman–Crippen LogP) is 3.80. The van der Waals surface area contributed by atoms with E-state index in [1.807, 2.05) is 0 Å². The molecular formula is C19H16Cl2N2O6. The van der Waals surface area contributed by atoms with E-state index in [2.05, 4.69) is 10.6 Å². The Labute approximate surface area is 175 Å². The van der Waals surface area contributed by atoms with Crippen LogP contribution in [-0.4, -0.2) is 34.0 Å². The molecule has 0 unspecified atom stereocenters. The SMILES string of the molecule is O=C(O)C(=O)Nc1cc(Cl)c(Oc2ccc(O)c(C(=O)NC3CCC3)c2)c(Cl)c1. The molecular weight excluding hydrogens is 423 g/mol. The number of aliphatic carboxylic acids is 1. The molecule has 0 atom stereocenters. The minimum absolute atomic E-state index is 0.00623. The van der Waals surface area contributed by atoms with Crippen molar-refractivity contribution in [2.75, 3.05) is 5.32 Å². The summed E-state index contributed by atoms with van der Waals surface area (Å²) >= 11 is 12.3. The van der Waals surface area contributed by atoms with Crippen LogP contribution in [0, 0.1) is 0 Å². The number of anilines is 1.